The first-order valence-corrected chi connectivity index (χ1v) is 9.96. The van der Waals surface area contributed by atoms with Gasteiger partial charge in [-0.15, -0.1) is 0 Å². The van der Waals surface area contributed by atoms with Crippen LogP contribution < -0.4 is 0 Å². The highest BCUT2D eigenvalue weighted by molar-refractivity contribution is 7.59. The highest BCUT2D eigenvalue weighted by Gasteiger charge is 2.68. The minimum atomic E-state index is -1.54. The van der Waals surface area contributed by atoms with E-state index >= 15 is 0 Å². The zero-order valence-electron chi connectivity index (χ0n) is 16.2. The molecular weight excluding hydrogens is 364 g/mol. The van der Waals surface area contributed by atoms with Crippen molar-refractivity contribution in [1.29, 1.82) is 0 Å². The summed E-state index contributed by atoms with van der Waals surface area (Å²) in [4.78, 5) is 24.3. The molecular formula is C21H32O5S. The average molecular weight is 397 g/mol. The standard InChI is InChI=1S/C21H30O5.H2S/c1-19-7-5-13(23)9-12(19)3-4-14-15-6-8-21(26,17(25)11-22)20(15,2)10-16(24)18(14)19;/h9,14-16,18,22,24,26H,3-8,10-11H2,1-2H3;1H2/t14-,15-,16-,18+,19-,20-,21-;/m0./s1. The summed E-state index contributed by atoms with van der Waals surface area (Å²) in [6, 6.07) is 0. The van der Waals surface area contributed by atoms with Crippen LogP contribution in [0.15, 0.2) is 11.6 Å². The minimum Gasteiger partial charge on any atom is -0.393 e. The normalized spacial score (nSPS) is 48.6. The Hall–Kier alpha value is -0.690. The third-order valence-electron chi connectivity index (χ3n) is 8.65. The Kier molecular flexibility index (Phi) is 5.20. The van der Waals surface area contributed by atoms with Crippen LogP contribution in [0, 0.1) is 28.6 Å². The third-order valence-corrected chi connectivity index (χ3v) is 8.65. The molecule has 152 valence electrons. The van der Waals surface area contributed by atoms with Gasteiger partial charge < -0.3 is 15.3 Å². The molecule has 0 aromatic heterocycles. The molecule has 0 bridgehead atoms. The molecule has 0 amide bonds. The molecule has 3 N–H and O–H groups in total. The number of fused-ring (bicyclic) bond motifs is 5. The Morgan fingerprint density at radius 1 is 1.22 bits per heavy atom. The minimum absolute atomic E-state index is 0. The SMILES string of the molecule is C[C@]12CCC(=O)C=C1CC[C@@H]1[C@@H]2[C@@H](O)C[C@@]2(C)[C@H]1CC[C@]2(O)C(=O)CO.S. The summed E-state index contributed by atoms with van der Waals surface area (Å²) in [6.45, 7) is 3.46. The highest BCUT2D eigenvalue weighted by Crippen LogP contribution is 2.67. The summed E-state index contributed by atoms with van der Waals surface area (Å²) in [5.41, 5.74) is -1.23. The lowest BCUT2D eigenvalue weighted by Gasteiger charge is -2.60. The molecule has 0 aromatic carbocycles. The van der Waals surface area contributed by atoms with Crippen LogP contribution in [0.5, 0.6) is 0 Å². The molecule has 6 heteroatoms. The molecule has 0 unspecified atom stereocenters. The van der Waals surface area contributed by atoms with Gasteiger partial charge in [-0.3, -0.25) is 9.59 Å². The van der Waals surface area contributed by atoms with Crippen LogP contribution in [-0.4, -0.2) is 45.2 Å². The van der Waals surface area contributed by atoms with E-state index in [-0.39, 0.29) is 42.4 Å². The fourth-order valence-corrected chi connectivity index (χ4v) is 7.28. The first kappa shape index (κ1) is 21.0. The van der Waals surface area contributed by atoms with Gasteiger partial charge in [-0.25, -0.2) is 0 Å². The van der Waals surface area contributed by atoms with Crippen molar-refractivity contribution < 1.29 is 24.9 Å². The van der Waals surface area contributed by atoms with E-state index in [4.69, 9.17) is 0 Å². The molecule has 4 rings (SSSR count). The molecule has 0 radical (unpaired) electrons. The van der Waals surface area contributed by atoms with Gasteiger partial charge in [-0.2, -0.15) is 13.5 Å². The zero-order chi connectivity index (χ0) is 18.9. The van der Waals surface area contributed by atoms with Gasteiger partial charge in [0.2, 0.25) is 0 Å². The lowest BCUT2D eigenvalue weighted by molar-refractivity contribution is -0.182. The summed E-state index contributed by atoms with van der Waals surface area (Å²) in [7, 11) is 0. The van der Waals surface area contributed by atoms with E-state index in [1.807, 2.05) is 6.92 Å². The number of rotatable bonds is 2. The molecule has 0 aliphatic heterocycles. The second-order valence-electron chi connectivity index (χ2n) is 9.56. The van der Waals surface area contributed by atoms with E-state index in [0.29, 0.717) is 19.3 Å². The van der Waals surface area contributed by atoms with Gasteiger partial charge in [-0.05, 0) is 67.8 Å². The van der Waals surface area contributed by atoms with Crippen molar-refractivity contribution in [1.82, 2.24) is 0 Å². The Morgan fingerprint density at radius 3 is 2.59 bits per heavy atom. The molecule has 3 fully saturated rings. The van der Waals surface area contributed by atoms with Crippen molar-refractivity contribution in [2.45, 2.75) is 70.5 Å². The van der Waals surface area contributed by atoms with Gasteiger partial charge in [0, 0.05) is 11.8 Å². The van der Waals surface area contributed by atoms with Gasteiger partial charge in [0.25, 0.3) is 0 Å². The van der Waals surface area contributed by atoms with E-state index in [2.05, 4.69) is 6.92 Å². The van der Waals surface area contributed by atoms with Gasteiger partial charge in [0.15, 0.2) is 11.6 Å². The first-order chi connectivity index (χ1) is 12.2. The lowest BCUT2D eigenvalue weighted by atomic mass is 9.45. The number of allylic oxidation sites excluding steroid dienone is 1. The zero-order valence-corrected chi connectivity index (χ0v) is 17.2. The maximum Gasteiger partial charge on any atom is 0.190 e. The summed E-state index contributed by atoms with van der Waals surface area (Å²) in [5.74, 6) is 0.140. The van der Waals surface area contributed by atoms with Crippen molar-refractivity contribution in [2.24, 2.45) is 28.6 Å². The van der Waals surface area contributed by atoms with Crippen molar-refractivity contribution in [3.8, 4) is 0 Å². The number of hydrogen-bond donors (Lipinski definition) is 3. The number of carbonyl (C=O) groups excluding carboxylic acids is 2. The molecule has 4 aliphatic rings. The Bertz CT molecular complexity index is 690. The molecule has 5 nitrogen and oxygen atoms in total. The summed E-state index contributed by atoms with van der Waals surface area (Å²) < 4.78 is 0. The molecule has 0 saturated heterocycles. The maximum atomic E-state index is 12.4. The van der Waals surface area contributed by atoms with Crippen LogP contribution in [0.1, 0.15) is 58.8 Å². The molecule has 4 aliphatic carbocycles. The van der Waals surface area contributed by atoms with Crippen molar-refractivity contribution in [2.75, 3.05) is 6.61 Å². The molecule has 3 saturated carbocycles. The van der Waals surface area contributed by atoms with E-state index in [9.17, 15) is 24.9 Å². The maximum absolute atomic E-state index is 12.4. The van der Waals surface area contributed by atoms with Gasteiger partial charge >= 0.3 is 0 Å². The molecule has 0 spiro atoms. The third kappa shape index (κ3) is 2.63. The van der Waals surface area contributed by atoms with Crippen LogP contribution in [-0.2, 0) is 9.59 Å². The van der Waals surface area contributed by atoms with Gasteiger partial charge in [0.05, 0.1) is 6.10 Å². The van der Waals surface area contributed by atoms with E-state index in [1.165, 1.54) is 5.57 Å². The second-order valence-corrected chi connectivity index (χ2v) is 9.56. The number of carbonyl (C=O) groups is 2. The number of Topliss-reactive ketones (excluding diaryl/α,β-unsaturated/α-hetero) is 1. The fourth-order valence-electron chi connectivity index (χ4n) is 7.28. The summed E-state index contributed by atoms with van der Waals surface area (Å²) in [5, 5.41) is 31.7. The molecule has 27 heavy (non-hydrogen) atoms. The largest absolute Gasteiger partial charge is 0.393 e. The Balaban J connectivity index is 0.00000210. The van der Waals surface area contributed by atoms with Crippen LogP contribution >= 0.6 is 13.5 Å². The fraction of sp³-hybridized carbons (Fsp3) is 0.810. The second kappa shape index (κ2) is 6.68. The predicted molar refractivity (Wildman–Crippen MR) is 106 cm³/mol. The smallest absolute Gasteiger partial charge is 0.190 e. The van der Waals surface area contributed by atoms with Crippen molar-refractivity contribution in [3.05, 3.63) is 11.6 Å². The van der Waals surface area contributed by atoms with Crippen molar-refractivity contribution in [3.63, 3.8) is 0 Å². The predicted octanol–water partition coefficient (Wildman–Crippen LogP) is 1.89. The monoisotopic (exact) mass is 396 g/mol. The Labute approximate surface area is 167 Å². The van der Waals surface area contributed by atoms with Gasteiger partial charge in [0.1, 0.15) is 12.2 Å². The number of hydrogen-bond acceptors (Lipinski definition) is 5. The number of aliphatic hydroxyl groups is 3. The number of aliphatic hydroxyl groups excluding tert-OH is 2. The summed E-state index contributed by atoms with van der Waals surface area (Å²) >= 11 is 0. The lowest BCUT2D eigenvalue weighted by Crippen LogP contribution is -2.62. The molecule has 0 aromatic rings. The van der Waals surface area contributed by atoms with Crippen LogP contribution in [0.2, 0.25) is 0 Å². The first-order valence-electron chi connectivity index (χ1n) is 9.96. The van der Waals surface area contributed by atoms with Gasteiger partial charge in [-0.1, -0.05) is 19.4 Å². The highest BCUT2D eigenvalue weighted by atomic mass is 32.1. The van der Waals surface area contributed by atoms with Crippen LogP contribution in [0.3, 0.4) is 0 Å². The van der Waals surface area contributed by atoms with E-state index in [0.717, 1.165) is 25.7 Å². The average Bonchev–Trinajstić information content (AvgIpc) is 2.86. The van der Waals surface area contributed by atoms with E-state index < -0.39 is 29.5 Å². The quantitative estimate of drug-likeness (QED) is 0.663. The van der Waals surface area contributed by atoms with Crippen LogP contribution in [0.4, 0.5) is 0 Å². The Morgan fingerprint density at radius 2 is 1.93 bits per heavy atom. The topological polar surface area (TPSA) is 94.8 Å². The number of ketones is 2. The van der Waals surface area contributed by atoms with E-state index in [1.54, 1.807) is 6.08 Å². The molecule has 0 heterocycles. The molecule has 7 atom stereocenters. The van der Waals surface area contributed by atoms with Crippen molar-refractivity contribution >= 4 is 25.1 Å². The van der Waals surface area contributed by atoms with Crippen LogP contribution in [0.25, 0.3) is 0 Å². The summed E-state index contributed by atoms with van der Waals surface area (Å²) in [6.07, 6.45) is 5.74.